The lowest BCUT2D eigenvalue weighted by Crippen LogP contribution is -2.48. The highest BCUT2D eigenvalue weighted by atomic mass is 19.4. The number of nitrogens with zero attached hydrogens (tertiary/aromatic N) is 2. The van der Waals surface area contributed by atoms with Gasteiger partial charge >= 0.3 is 18.2 Å². The molecule has 2 aliphatic rings. The van der Waals surface area contributed by atoms with Gasteiger partial charge in [0.05, 0.1) is 0 Å². The number of fused-ring (bicyclic) bond motifs is 1. The molecule has 0 bridgehead atoms. The van der Waals surface area contributed by atoms with E-state index in [2.05, 4.69) is 0 Å². The first-order valence-electron chi connectivity index (χ1n) is 7.31. The van der Waals surface area contributed by atoms with Crippen LogP contribution in [0.4, 0.5) is 18.0 Å². The van der Waals surface area contributed by atoms with Gasteiger partial charge in [-0.3, -0.25) is 4.79 Å². The van der Waals surface area contributed by atoms with Crippen LogP contribution in [0.5, 0.6) is 0 Å². The zero-order valence-electron chi connectivity index (χ0n) is 12.9. The van der Waals surface area contributed by atoms with Crippen molar-refractivity contribution >= 4 is 12.0 Å². The summed E-state index contributed by atoms with van der Waals surface area (Å²) in [6.45, 7) is 6.23. The van der Waals surface area contributed by atoms with Crippen LogP contribution in [0.15, 0.2) is 0 Å². The SMILES string of the molecule is CC(C)(C)OC(=O)N1CC2CCN(C(=O)C(F)(F)F)CC2C1. The van der Waals surface area contributed by atoms with Crippen LogP contribution in [0.25, 0.3) is 0 Å². The average Bonchev–Trinajstić information content (AvgIpc) is 2.77. The summed E-state index contributed by atoms with van der Waals surface area (Å²) < 4.78 is 42.8. The van der Waals surface area contributed by atoms with Crippen LogP contribution in [-0.2, 0) is 9.53 Å². The van der Waals surface area contributed by atoms with E-state index in [1.807, 2.05) is 0 Å². The Hall–Kier alpha value is -1.47. The molecule has 8 heteroatoms. The van der Waals surface area contributed by atoms with Crippen LogP contribution >= 0.6 is 0 Å². The van der Waals surface area contributed by atoms with E-state index in [0.29, 0.717) is 19.5 Å². The molecule has 5 nitrogen and oxygen atoms in total. The number of likely N-dealkylation sites (tertiary alicyclic amines) is 2. The first-order chi connectivity index (χ1) is 9.97. The quantitative estimate of drug-likeness (QED) is 0.687. The molecule has 2 saturated heterocycles. The van der Waals surface area contributed by atoms with Gasteiger partial charge in [-0.25, -0.2) is 4.79 Å². The Morgan fingerprint density at radius 3 is 2.09 bits per heavy atom. The molecule has 2 rings (SSSR count). The van der Waals surface area contributed by atoms with Crippen molar-refractivity contribution in [2.24, 2.45) is 11.8 Å². The number of amides is 2. The number of alkyl halides is 3. The molecule has 2 atom stereocenters. The van der Waals surface area contributed by atoms with Crippen LogP contribution in [0.2, 0.25) is 0 Å². The Balaban J connectivity index is 1.95. The van der Waals surface area contributed by atoms with Gasteiger partial charge in [-0.1, -0.05) is 0 Å². The number of hydrogen-bond donors (Lipinski definition) is 0. The van der Waals surface area contributed by atoms with Gasteiger partial charge in [0.1, 0.15) is 5.60 Å². The molecule has 2 amide bonds. The molecule has 0 spiro atoms. The van der Waals surface area contributed by atoms with Crippen molar-refractivity contribution in [1.82, 2.24) is 9.80 Å². The van der Waals surface area contributed by atoms with Crippen molar-refractivity contribution in [3.05, 3.63) is 0 Å². The number of rotatable bonds is 0. The highest BCUT2D eigenvalue weighted by Crippen LogP contribution is 2.33. The van der Waals surface area contributed by atoms with Crippen LogP contribution < -0.4 is 0 Å². The normalized spacial score (nSPS) is 25.9. The van der Waals surface area contributed by atoms with Crippen molar-refractivity contribution in [1.29, 1.82) is 0 Å². The molecule has 0 aromatic rings. The molecule has 0 aromatic carbocycles. The fourth-order valence-corrected chi connectivity index (χ4v) is 3.01. The molecule has 0 N–H and O–H groups in total. The predicted octanol–water partition coefficient (Wildman–Crippen LogP) is 2.26. The van der Waals surface area contributed by atoms with E-state index < -0.39 is 23.8 Å². The first-order valence-corrected chi connectivity index (χ1v) is 7.31. The van der Waals surface area contributed by atoms with E-state index in [1.54, 1.807) is 20.8 Å². The monoisotopic (exact) mass is 322 g/mol. The molecule has 2 fully saturated rings. The Bertz CT molecular complexity index is 459. The van der Waals surface area contributed by atoms with Crippen molar-refractivity contribution in [2.75, 3.05) is 26.2 Å². The summed E-state index contributed by atoms with van der Waals surface area (Å²) in [7, 11) is 0. The smallest absolute Gasteiger partial charge is 0.444 e. The molecule has 2 aliphatic heterocycles. The van der Waals surface area contributed by atoms with E-state index >= 15 is 0 Å². The molecule has 2 heterocycles. The standard InChI is InChI=1S/C14H21F3N2O3/c1-13(2,3)22-12(21)19-6-9-4-5-18(7-10(9)8-19)11(20)14(15,16)17/h9-10H,4-8H2,1-3H3. The number of halogens is 3. The number of piperidine rings is 1. The average molecular weight is 322 g/mol. The lowest BCUT2D eigenvalue weighted by Gasteiger charge is -2.34. The molecular formula is C14H21F3N2O3. The summed E-state index contributed by atoms with van der Waals surface area (Å²) in [6, 6.07) is 0. The van der Waals surface area contributed by atoms with Gasteiger partial charge in [0.25, 0.3) is 0 Å². The highest BCUT2D eigenvalue weighted by molar-refractivity contribution is 5.82. The number of hydrogen-bond acceptors (Lipinski definition) is 3. The lowest BCUT2D eigenvalue weighted by molar-refractivity contribution is -0.187. The molecule has 0 aromatic heterocycles. The predicted molar refractivity (Wildman–Crippen MR) is 72.0 cm³/mol. The zero-order valence-corrected chi connectivity index (χ0v) is 12.9. The Labute approximate surface area is 127 Å². The topological polar surface area (TPSA) is 49.9 Å². The van der Waals surface area contributed by atoms with Gasteiger partial charge in [0, 0.05) is 26.2 Å². The summed E-state index contributed by atoms with van der Waals surface area (Å²) in [4.78, 5) is 25.7. The third-order valence-corrected chi connectivity index (χ3v) is 3.98. The Morgan fingerprint density at radius 1 is 1.00 bits per heavy atom. The summed E-state index contributed by atoms with van der Waals surface area (Å²) in [6.07, 6.45) is -4.81. The van der Waals surface area contributed by atoms with Crippen LogP contribution in [0, 0.1) is 11.8 Å². The van der Waals surface area contributed by atoms with Gasteiger partial charge in [-0.2, -0.15) is 13.2 Å². The van der Waals surface area contributed by atoms with Gasteiger partial charge in [-0.05, 0) is 39.0 Å². The largest absolute Gasteiger partial charge is 0.471 e. The second-order valence-corrected chi connectivity index (χ2v) is 6.94. The zero-order chi connectivity index (χ0) is 16.7. The molecule has 2 unspecified atom stereocenters. The van der Waals surface area contributed by atoms with E-state index in [4.69, 9.17) is 4.74 Å². The van der Waals surface area contributed by atoms with E-state index in [9.17, 15) is 22.8 Å². The van der Waals surface area contributed by atoms with Crippen molar-refractivity contribution in [3.63, 3.8) is 0 Å². The van der Waals surface area contributed by atoms with Crippen LogP contribution in [-0.4, -0.2) is 59.8 Å². The van der Waals surface area contributed by atoms with E-state index in [1.165, 1.54) is 4.90 Å². The molecular weight excluding hydrogens is 301 g/mol. The van der Waals surface area contributed by atoms with Gasteiger partial charge in [-0.15, -0.1) is 0 Å². The summed E-state index contributed by atoms with van der Waals surface area (Å²) in [5.74, 6) is -1.78. The van der Waals surface area contributed by atoms with Crippen molar-refractivity contribution < 1.29 is 27.5 Å². The van der Waals surface area contributed by atoms with E-state index in [0.717, 1.165) is 4.90 Å². The third kappa shape index (κ3) is 3.84. The van der Waals surface area contributed by atoms with Crippen LogP contribution in [0.3, 0.4) is 0 Å². The minimum absolute atomic E-state index is 0.0440. The molecule has 0 aliphatic carbocycles. The molecule has 0 radical (unpaired) electrons. The second kappa shape index (κ2) is 5.62. The summed E-state index contributed by atoms with van der Waals surface area (Å²) in [5, 5.41) is 0. The molecule has 126 valence electrons. The van der Waals surface area contributed by atoms with Crippen molar-refractivity contribution in [2.45, 2.75) is 39.0 Å². The summed E-state index contributed by atoms with van der Waals surface area (Å²) in [5.41, 5.74) is -0.608. The van der Waals surface area contributed by atoms with Gasteiger partial charge < -0.3 is 14.5 Å². The van der Waals surface area contributed by atoms with Gasteiger partial charge in [0.2, 0.25) is 0 Å². The maximum Gasteiger partial charge on any atom is 0.471 e. The number of carbonyl (C=O) groups is 2. The Morgan fingerprint density at radius 2 is 1.55 bits per heavy atom. The minimum atomic E-state index is -4.84. The number of carbonyl (C=O) groups excluding carboxylic acids is 2. The third-order valence-electron chi connectivity index (χ3n) is 3.98. The lowest BCUT2D eigenvalue weighted by atomic mass is 9.89. The molecule has 0 saturated carbocycles. The molecule has 22 heavy (non-hydrogen) atoms. The van der Waals surface area contributed by atoms with Gasteiger partial charge in [0.15, 0.2) is 0 Å². The fraction of sp³-hybridized carbons (Fsp3) is 0.857. The minimum Gasteiger partial charge on any atom is -0.444 e. The van der Waals surface area contributed by atoms with Crippen LogP contribution in [0.1, 0.15) is 27.2 Å². The van der Waals surface area contributed by atoms with E-state index in [-0.39, 0.29) is 24.9 Å². The van der Waals surface area contributed by atoms with Crippen molar-refractivity contribution in [3.8, 4) is 0 Å². The maximum atomic E-state index is 12.5. The second-order valence-electron chi connectivity index (χ2n) is 6.94. The maximum absolute atomic E-state index is 12.5. The fourth-order valence-electron chi connectivity index (χ4n) is 3.01. The highest BCUT2D eigenvalue weighted by Gasteiger charge is 2.47. The Kier molecular flexibility index (Phi) is 4.32. The summed E-state index contributed by atoms with van der Waals surface area (Å²) >= 11 is 0. The first kappa shape index (κ1) is 16.9. The number of ether oxygens (including phenoxy) is 1.